The molecule has 0 bridgehead atoms. The van der Waals surface area contributed by atoms with E-state index in [4.69, 9.17) is 0 Å². The Kier molecular flexibility index (Phi) is 5.49. The van der Waals surface area contributed by atoms with Gasteiger partial charge in [0.15, 0.2) is 0 Å². The van der Waals surface area contributed by atoms with E-state index in [1.807, 2.05) is 4.90 Å². The van der Waals surface area contributed by atoms with Gasteiger partial charge in [-0.15, -0.1) is 0 Å². The lowest BCUT2D eigenvalue weighted by Gasteiger charge is -2.36. The normalized spacial score (nSPS) is 24.6. The highest BCUT2D eigenvalue weighted by atomic mass is 16.6. The summed E-state index contributed by atoms with van der Waals surface area (Å²) in [7, 11) is 0. The number of likely N-dealkylation sites (tertiary alicyclic amines) is 1. The maximum atomic E-state index is 12.8. The fourth-order valence-electron chi connectivity index (χ4n) is 4.32. The second kappa shape index (κ2) is 7.64. The number of nitro benzene ring substituents is 1. The van der Waals surface area contributed by atoms with Crippen LogP contribution in [0.4, 0.5) is 11.4 Å². The van der Waals surface area contributed by atoms with Gasteiger partial charge in [0.1, 0.15) is 5.69 Å². The van der Waals surface area contributed by atoms with E-state index in [2.05, 4.69) is 25.7 Å². The predicted molar refractivity (Wildman–Crippen MR) is 103 cm³/mol. The molecule has 0 spiro atoms. The molecule has 2 atom stereocenters. The van der Waals surface area contributed by atoms with Crippen LogP contribution >= 0.6 is 0 Å². The van der Waals surface area contributed by atoms with Crippen LogP contribution in [0.15, 0.2) is 18.2 Å². The third-order valence-corrected chi connectivity index (χ3v) is 5.70. The molecular weight excluding hydrogens is 330 g/mol. The number of nitrogens with zero attached hydrogens (tertiary/aromatic N) is 3. The van der Waals surface area contributed by atoms with Gasteiger partial charge in [-0.25, -0.2) is 0 Å². The van der Waals surface area contributed by atoms with Crippen LogP contribution < -0.4 is 4.90 Å². The van der Waals surface area contributed by atoms with Crippen molar-refractivity contribution in [2.75, 3.05) is 31.1 Å². The summed E-state index contributed by atoms with van der Waals surface area (Å²) in [6.45, 7) is 9.67. The molecule has 2 aliphatic rings. The van der Waals surface area contributed by atoms with Gasteiger partial charge in [0.25, 0.3) is 11.6 Å². The van der Waals surface area contributed by atoms with Crippen LogP contribution in [-0.2, 0) is 0 Å². The quantitative estimate of drug-likeness (QED) is 0.605. The van der Waals surface area contributed by atoms with Crippen molar-refractivity contribution < 1.29 is 9.72 Å². The third-order valence-electron chi connectivity index (χ3n) is 5.70. The molecule has 3 rings (SSSR count). The Morgan fingerprint density at radius 3 is 2.27 bits per heavy atom. The number of carbonyl (C=O) groups is 1. The predicted octanol–water partition coefficient (Wildman–Crippen LogP) is 3.95. The lowest BCUT2D eigenvalue weighted by Crippen LogP contribution is -2.39. The topological polar surface area (TPSA) is 66.7 Å². The Bertz CT molecular complexity index is 673. The molecule has 26 heavy (non-hydrogen) atoms. The minimum Gasteiger partial charge on any atom is -0.365 e. The van der Waals surface area contributed by atoms with Crippen molar-refractivity contribution in [3.63, 3.8) is 0 Å². The van der Waals surface area contributed by atoms with E-state index < -0.39 is 0 Å². The van der Waals surface area contributed by atoms with E-state index in [1.165, 1.54) is 6.07 Å². The molecule has 0 saturated carbocycles. The van der Waals surface area contributed by atoms with Crippen LogP contribution in [0.25, 0.3) is 0 Å². The molecule has 142 valence electrons. The molecule has 2 unspecified atom stereocenters. The molecule has 2 aliphatic heterocycles. The summed E-state index contributed by atoms with van der Waals surface area (Å²) in [5, 5.41) is 11.7. The van der Waals surface area contributed by atoms with Crippen LogP contribution in [0.5, 0.6) is 0 Å². The highest BCUT2D eigenvalue weighted by Crippen LogP contribution is 2.34. The Balaban J connectivity index is 1.85. The Morgan fingerprint density at radius 2 is 1.69 bits per heavy atom. The second-order valence-corrected chi connectivity index (χ2v) is 8.29. The van der Waals surface area contributed by atoms with E-state index >= 15 is 0 Å². The van der Waals surface area contributed by atoms with Crippen molar-refractivity contribution >= 4 is 17.3 Å². The van der Waals surface area contributed by atoms with E-state index in [-0.39, 0.29) is 16.5 Å². The Labute approximate surface area is 155 Å². The van der Waals surface area contributed by atoms with Crippen molar-refractivity contribution in [3.8, 4) is 0 Å². The average Bonchev–Trinajstić information content (AvgIpc) is 2.60. The highest BCUT2D eigenvalue weighted by Gasteiger charge is 2.29. The lowest BCUT2D eigenvalue weighted by molar-refractivity contribution is -0.384. The number of hydrogen-bond acceptors (Lipinski definition) is 4. The van der Waals surface area contributed by atoms with Crippen molar-refractivity contribution in [2.24, 2.45) is 17.8 Å². The minimum absolute atomic E-state index is 0.0440. The van der Waals surface area contributed by atoms with E-state index in [0.717, 1.165) is 45.4 Å². The molecule has 6 heteroatoms. The molecule has 1 amide bonds. The largest absolute Gasteiger partial charge is 0.365 e. The summed E-state index contributed by atoms with van der Waals surface area (Å²) in [5.74, 6) is 1.57. The minimum atomic E-state index is -0.353. The van der Waals surface area contributed by atoms with Crippen molar-refractivity contribution in [3.05, 3.63) is 33.9 Å². The number of rotatable bonds is 3. The van der Waals surface area contributed by atoms with Crippen LogP contribution in [-0.4, -0.2) is 41.9 Å². The third kappa shape index (κ3) is 4.00. The van der Waals surface area contributed by atoms with Gasteiger partial charge in [-0.2, -0.15) is 0 Å². The van der Waals surface area contributed by atoms with E-state index in [0.29, 0.717) is 29.0 Å². The zero-order chi connectivity index (χ0) is 18.8. The molecule has 6 nitrogen and oxygen atoms in total. The maximum absolute atomic E-state index is 12.8. The first kappa shape index (κ1) is 18.7. The van der Waals surface area contributed by atoms with Crippen LogP contribution in [0.2, 0.25) is 0 Å². The highest BCUT2D eigenvalue weighted by molar-refractivity contribution is 5.96. The fraction of sp³-hybridized carbons (Fsp3) is 0.650. The standard InChI is InChI=1S/C20H29N3O3/c1-14-6-8-21(9-7-14)20(24)17-4-5-18(19(11-17)23(25)26)22-12-15(2)10-16(3)13-22/h4-5,11,14-16H,6-10,12-13H2,1-3H3. The van der Waals surface area contributed by atoms with Gasteiger partial charge >= 0.3 is 0 Å². The van der Waals surface area contributed by atoms with Crippen LogP contribution in [0, 0.1) is 27.9 Å². The summed E-state index contributed by atoms with van der Waals surface area (Å²) >= 11 is 0. The van der Waals surface area contributed by atoms with Gasteiger partial charge in [0, 0.05) is 37.8 Å². The fourth-order valence-corrected chi connectivity index (χ4v) is 4.32. The number of hydrogen-bond donors (Lipinski definition) is 0. The number of benzene rings is 1. The molecule has 2 heterocycles. The number of nitro groups is 1. The number of amides is 1. The first-order valence-corrected chi connectivity index (χ1v) is 9.67. The maximum Gasteiger partial charge on any atom is 0.293 e. The van der Waals surface area contributed by atoms with Crippen molar-refractivity contribution in [1.29, 1.82) is 0 Å². The van der Waals surface area contributed by atoms with E-state index in [9.17, 15) is 14.9 Å². The average molecular weight is 359 g/mol. The molecule has 0 aliphatic carbocycles. The van der Waals surface area contributed by atoms with Gasteiger partial charge in [-0.05, 0) is 49.1 Å². The van der Waals surface area contributed by atoms with Crippen molar-refractivity contribution in [1.82, 2.24) is 4.90 Å². The zero-order valence-electron chi connectivity index (χ0n) is 16.0. The van der Waals surface area contributed by atoms with Crippen LogP contribution in [0.3, 0.4) is 0 Å². The number of carbonyl (C=O) groups excluding carboxylic acids is 1. The van der Waals surface area contributed by atoms with E-state index in [1.54, 1.807) is 12.1 Å². The first-order valence-electron chi connectivity index (χ1n) is 9.67. The summed E-state index contributed by atoms with van der Waals surface area (Å²) < 4.78 is 0. The molecule has 1 aromatic rings. The molecule has 2 saturated heterocycles. The van der Waals surface area contributed by atoms with Gasteiger partial charge in [-0.1, -0.05) is 20.8 Å². The summed E-state index contributed by atoms with van der Waals surface area (Å²) in [5.41, 5.74) is 1.10. The molecule has 2 fully saturated rings. The lowest BCUT2D eigenvalue weighted by atomic mass is 9.91. The summed E-state index contributed by atoms with van der Waals surface area (Å²) in [6, 6.07) is 5.00. The molecule has 1 aromatic carbocycles. The van der Waals surface area contributed by atoms with Crippen molar-refractivity contribution in [2.45, 2.75) is 40.0 Å². The first-order chi connectivity index (χ1) is 12.3. The summed E-state index contributed by atoms with van der Waals surface area (Å²) in [6.07, 6.45) is 3.14. The van der Waals surface area contributed by atoms with Crippen LogP contribution in [0.1, 0.15) is 50.4 Å². The number of piperidine rings is 2. The Hall–Kier alpha value is -2.11. The van der Waals surface area contributed by atoms with Gasteiger partial charge in [0.05, 0.1) is 4.92 Å². The molecular formula is C20H29N3O3. The molecule has 0 aromatic heterocycles. The Morgan fingerprint density at radius 1 is 1.08 bits per heavy atom. The van der Waals surface area contributed by atoms with Gasteiger partial charge in [-0.3, -0.25) is 14.9 Å². The van der Waals surface area contributed by atoms with Gasteiger partial charge < -0.3 is 9.80 Å². The zero-order valence-corrected chi connectivity index (χ0v) is 16.0. The number of anilines is 1. The molecule has 0 N–H and O–H groups in total. The monoisotopic (exact) mass is 359 g/mol. The smallest absolute Gasteiger partial charge is 0.293 e. The summed E-state index contributed by atoms with van der Waals surface area (Å²) in [4.78, 5) is 28.0. The van der Waals surface area contributed by atoms with Gasteiger partial charge in [0.2, 0.25) is 0 Å². The second-order valence-electron chi connectivity index (χ2n) is 8.29. The molecule has 0 radical (unpaired) electrons. The SMILES string of the molecule is CC1CCN(C(=O)c2ccc(N3CC(C)CC(C)C3)c([N+](=O)[O-])c2)CC1.